The average Bonchev–Trinajstić information content (AvgIpc) is 2.61. The Kier molecular flexibility index (Phi) is 5.72. The molecule has 1 heteroatoms. The van der Waals surface area contributed by atoms with Crippen LogP contribution in [0.4, 0.5) is 0 Å². The maximum Gasteiger partial charge on any atom is 0.123 e. The molecule has 0 N–H and O–H groups in total. The highest BCUT2D eigenvalue weighted by atomic mass is 16.1. The van der Waals surface area contributed by atoms with Crippen molar-refractivity contribution >= 4 is 6.29 Å². The van der Waals surface area contributed by atoms with E-state index in [0.29, 0.717) is 16.7 Å². The third-order valence-electron chi connectivity index (χ3n) is 9.69. The maximum atomic E-state index is 11.8. The lowest BCUT2D eigenvalue weighted by atomic mass is 9.43. The van der Waals surface area contributed by atoms with E-state index in [1.54, 1.807) is 0 Å². The van der Waals surface area contributed by atoms with Crippen LogP contribution in [0.25, 0.3) is 0 Å². The van der Waals surface area contributed by atoms with Gasteiger partial charge in [0.05, 0.1) is 0 Å². The molecule has 0 aromatic heterocycles. The number of hydrogen-bond donors (Lipinski definition) is 0. The minimum Gasteiger partial charge on any atom is -0.303 e. The standard InChI is InChI=1S/C24H42O/c1-6-17(2)12-14-23(4)18(3)10-11-20-21-9-7-8-19(16-25)24(21,5)15-13-22(20)23/h16-22H,6-15H2,1-5H3. The first-order chi connectivity index (χ1) is 11.9. The number of hydrogen-bond acceptors (Lipinski definition) is 1. The molecular weight excluding hydrogens is 304 g/mol. The fourth-order valence-corrected chi connectivity index (χ4v) is 7.30. The largest absolute Gasteiger partial charge is 0.303 e. The topological polar surface area (TPSA) is 17.1 Å². The van der Waals surface area contributed by atoms with Gasteiger partial charge in [0.2, 0.25) is 0 Å². The van der Waals surface area contributed by atoms with Crippen LogP contribution in [0, 0.1) is 46.3 Å². The molecule has 0 saturated heterocycles. The second-order valence-corrected chi connectivity index (χ2v) is 10.6. The van der Waals surface area contributed by atoms with Gasteiger partial charge >= 0.3 is 0 Å². The zero-order chi connectivity index (χ0) is 18.2. The zero-order valence-electron chi connectivity index (χ0n) is 17.5. The highest BCUT2D eigenvalue weighted by Crippen LogP contribution is 2.64. The van der Waals surface area contributed by atoms with Gasteiger partial charge < -0.3 is 4.79 Å². The predicted molar refractivity (Wildman–Crippen MR) is 106 cm³/mol. The van der Waals surface area contributed by atoms with Gasteiger partial charge in [-0.2, -0.15) is 0 Å². The lowest BCUT2D eigenvalue weighted by molar-refractivity contribution is -0.142. The molecule has 0 spiro atoms. The van der Waals surface area contributed by atoms with Crippen LogP contribution in [0.15, 0.2) is 0 Å². The second kappa shape index (κ2) is 7.35. The normalized spacial score (nSPS) is 48.3. The van der Waals surface area contributed by atoms with Crippen molar-refractivity contribution in [3.63, 3.8) is 0 Å². The van der Waals surface area contributed by atoms with Crippen LogP contribution in [-0.2, 0) is 4.79 Å². The van der Waals surface area contributed by atoms with Crippen molar-refractivity contribution in [2.45, 2.75) is 98.8 Å². The van der Waals surface area contributed by atoms with Crippen molar-refractivity contribution in [2.24, 2.45) is 46.3 Å². The van der Waals surface area contributed by atoms with Crippen LogP contribution >= 0.6 is 0 Å². The summed E-state index contributed by atoms with van der Waals surface area (Å²) in [6, 6.07) is 0. The van der Waals surface area contributed by atoms with E-state index < -0.39 is 0 Å². The molecule has 25 heavy (non-hydrogen) atoms. The fourth-order valence-electron chi connectivity index (χ4n) is 7.30. The van der Waals surface area contributed by atoms with Gasteiger partial charge in [0.25, 0.3) is 0 Å². The molecule has 0 aliphatic heterocycles. The van der Waals surface area contributed by atoms with Crippen LogP contribution in [0.1, 0.15) is 98.8 Å². The van der Waals surface area contributed by atoms with Gasteiger partial charge in [-0.15, -0.1) is 0 Å². The molecule has 0 amide bonds. The van der Waals surface area contributed by atoms with E-state index in [-0.39, 0.29) is 0 Å². The van der Waals surface area contributed by atoms with Crippen LogP contribution < -0.4 is 0 Å². The monoisotopic (exact) mass is 346 g/mol. The first-order valence-electron chi connectivity index (χ1n) is 11.3. The molecule has 3 rings (SSSR count). The fraction of sp³-hybridized carbons (Fsp3) is 0.958. The Morgan fingerprint density at radius 3 is 2.52 bits per heavy atom. The highest BCUT2D eigenvalue weighted by molar-refractivity contribution is 5.55. The Balaban J connectivity index is 1.83. The van der Waals surface area contributed by atoms with E-state index in [4.69, 9.17) is 0 Å². The quantitative estimate of drug-likeness (QED) is 0.495. The maximum absolute atomic E-state index is 11.8. The molecule has 8 atom stereocenters. The first-order valence-corrected chi connectivity index (χ1v) is 11.3. The van der Waals surface area contributed by atoms with Crippen molar-refractivity contribution in [3.05, 3.63) is 0 Å². The van der Waals surface area contributed by atoms with Crippen LogP contribution in [-0.4, -0.2) is 6.29 Å². The minimum atomic E-state index is 0.305. The molecule has 3 fully saturated rings. The lowest BCUT2D eigenvalue weighted by Gasteiger charge is -2.62. The summed E-state index contributed by atoms with van der Waals surface area (Å²) in [5.41, 5.74) is 0.834. The molecule has 0 aromatic carbocycles. The van der Waals surface area contributed by atoms with Gasteiger partial charge in [-0.1, -0.05) is 53.9 Å². The number of fused-ring (bicyclic) bond motifs is 3. The molecule has 0 bridgehead atoms. The molecule has 1 nitrogen and oxygen atoms in total. The molecule has 144 valence electrons. The summed E-state index contributed by atoms with van der Waals surface area (Å²) in [6.45, 7) is 12.4. The van der Waals surface area contributed by atoms with Gasteiger partial charge in [-0.05, 0) is 85.4 Å². The molecule has 3 saturated carbocycles. The van der Waals surface area contributed by atoms with E-state index in [9.17, 15) is 4.79 Å². The summed E-state index contributed by atoms with van der Waals surface area (Å²) in [5, 5.41) is 0. The van der Waals surface area contributed by atoms with Gasteiger partial charge in [0.1, 0.15) is 6.29 Å². The average molecular weight is 347 g/mol. The van der Waals surface area contributed by atoms with Gasteiger partial charge in [0.15, 0.2) is 0 Å². The van der Waals surface area contributed by atoms with Crippen molar-refractivity contribution in [2.75, 3.05) is 0 Å². The number of carbonyl (C=O) groups excluding carboxylic acids is 1. The highest BCUT2D eigenvalue weighted by Gasteiger charge is 2.57. The van der Waals surface area contributed by atoms with Gasteiger partial charge in [-0.3, -0.25) is 0 Å². The van der Waals surface area contributed by atoms with Crippen LogP contribution in [0.2, 0.25) is 0 Å². The summed E-state index contributed by atoms with van der Waals surface area (Å²) < 4.78 is 0. The van der Waals surface area contributed by atoms with Crippen LogP contribution in [0.3, 0.4) is 0 Å². The molecular formula is C24H42O. The summed E-state index contributed by atoms with van der Waals surface area (Å²) in [5.74, 6) is 4.67. The Labute approximate surface area is 156 Å². The second-order valence-electron chi connectivity index (χ2n) is 10.6. The van der Waals surface area contributed by atoms with Crippen molar-refractivity contribution in [1.29, 1.82) is 0 Å². The Hall–Kier alpha value is -0.330. The van der Waals surface area contributed by atoms with E-state index >= 15 is 0 Å². The van der Waals surface area contributed by atoms with E-state index in [0.717, 1.165) is 36.0 Å². The Morgan fingerprint density at radius 1 is 1.08 bits per heavy atom. The van der Waals surface area contributed by atoms with Crippen molar-refractivity contribution < 1.29 is 4.79 Å². The summed E-state index contributed by atoms with van der Waals surface area (Å²) >= 11 is 0. The van der Waals surface area contributed by atoms with E-state index in [2.05, 4.69) is 34.6 Å². The van der Waals surface area contributed by atoms with E-state index in [1.165, 1.54) is 64.1 Å². The number of aldehydes is 1. The molecule has 0 heterocycles. The lowest BCUT2D eigenvalue weighted by Crippen LogP contribution is -2.55. The van der Waals surface area contributed by atoms with Crippen molar-refractivity contribution in [1.82, 2.24) is 0 Å². The summed E-state index contributed by atoms with van der Waals surface area (Å²) in [7, 11) is 0. The summed E-state index contributed by atoms with van der Waals surface area (Å²) in [4.78, 5) is 11.8. The number of rotatable bonds is 5. The summed E-state index contributed by atoms with van der Waals surface area (Å²) in [6.07, 6.45) is 14.8. The zero-order valence-corrected chi connectivity index (χ0v) is 17.5. The van der Waals surface area contributed by atoms with Gasteiger partial charge in [0, 0.05) is 5.92 Å². The first kappa shape index (κ1) is 19.4. The molecule has 3 aliphatic carbocycles. The van der Waals surface area contributed by atoms with Crippen LogP contribution in [0.5, 0.6) is 0 Å². The molecule has 3 aliphatic rings. The smallest absolute Gasteiger partial charge is 0.123 e. The predicted octanol–water partition coefficient (Wildman–Crippen LogP) is 6.90. The molecule has 8 unspecified atom stereocenters. The molecule has 0 radical (unpaired) electrons. The molecule has 0 aromatic rings. The van der Waals surface area contributed by atoms with E-state index in [1.807, 2.05) is 0 Å². The third-order valence-corrected chi connectivity index (χ3v) is 9.69. The van der Waals surface area contributed by atoms with Crippen molar-refractivity contribution in [3.8, 4) is 0 Å². The minimum absolute atomic E-state index is 0.305. The van der Waals surface area contributed by atoms with Gasteiger partial charge in [-0.25, -0.2) is 0 Å². The Bertz CT molecular complexity index is 471. The SMILES string of the molecule is CCC(C)CCC1(C)C(C)CCC2C1CCC1(C)C(C=O)CCCC21. The Morgan fingerprint density at radius 2 is 1.84 bits per heavy atom. The third kappa shape index (κ3) is 3.23. The number of carbonyl (C=O) groups is 1.